The zero-order valence-corrected chi connectivity index (χ0v) is 22.1. The van der Waals surface area contributed by atoms with Gasteiger partial charge in [-0.15, -0.1) is 0 Å². The van der Waals surface area contributed by atoms with Gasteiger partial charge in [-0.2, -0.15) is 8.42 Å². The smallest absolute Gasteiger partial charge is 0.345 e. The van der Waals surface area contributed by atoms with Gasteiger partial charge in [-0.3, -0.25) is 0 Å². The van der Waals surface area contributed by atoms with E-state index in [4.69, 9.17) is 4.18 Å². The first-order chi connectivity index (χ1) is 18.4. The van der Waals surface area contributed by atoms with Crippen LogP contribution in [0.2, 0.25) is 0 Å². The highest BCUT2D eigenvalue weighted by Crippen LogP contribution is 2.38. The molecular formula is C26H22F4N2O5S2. The van der Waals surface area contributed by atoms with Gasteiger partial charge in [0, 0.05) is 11.6 Å². The summed E-state index contributed by atoms with van der Waals surface area (Å²) in [4.78, 5) is -0.309. The number of rotatable bonds is 6. The third kappa shape index (κ3) is 4.90. The fraction of sp³-hybridized carbons (Fsp3) is 0.231. The Morgan fingerprint density at radius 3 is 1.90 bits per heavy atom. The Morgan fingerprint density at radius 1 is 0.795 bits per heavy atom. The number of hydrogen-bond donors (Lipinski definition) is 0. The molecule has 0 amide bonds. The summed E-state index contributed by atoms with van der Waals surface area (Å²) in [5, 5.41) is 0.256. The van der Waals surface area contributed by atoms with Gasteiger partial charge in [-0.05, 0) is 86.9 Å². The molecule has 0 spiro atoms. The van der Waals surface area contributed by atoms with Crippen molar-refractivity contribution < 1.29 is 38.6 Å². The molecule has 0 N–H and O–H groups in total. The first-order valence-corrected chi connectivity index (χ1v) is 14.7. The third-order valence-electron chi connectivity index (χ3n) is 6.74. The van der Waals surface area contributed by atoms with Crippen molar-refractivity contribution in [2.75, 3.05) is 20.1 Å². The second kappa shape index (κ2) is 9.96. The summed E-state index contributed by atoms with van der Waals surface area (Å²) >= 11 is 0. The van der Waals surface area contributed by atoms with Gasteiger partial charge in [-0.25, -0.2) is 30.0 Å². The number of aromatic nitrogens is 1. The number of fused-ring (bicyclic) bond motifs is 1. The highest BCUT2D eigenvalue weighted by Gasteiger charge is 2.31. The number of likely N-dealkylation sites (tertiary alicyclic amines) is 1. The zero-order chi connectivity index (χ0) is 28.1. The molecule has 0 saturated carbocycles. The normalized spacial score (nSPS) is 15.6. The zero-order valence-electron chi connectivity index (χ0n) is 20.4. The third-order valence-corrected chi connectivity index (χ3v) is 9.77. The quantitative estimate of drug-likeness (QED) is 0.235. The van der Waals surface area contributed by atoms with Crippen LogP contribution < -0.4 is 4.18 Å². The minimum Gasteiger partial charge on any atom is -0.379 e. The summed E-state index contributed by atoms with van der Waals surface area (Å²) in [5.74, 6) is -5.71. The van der Waals surface area contributed by atoms with Crippen LogP contribution in [0.25, 0.3) is 10.9 Å². The lowest BCUT2D eigenvalue weighted by Crippen LogP contribution is -2.29. The maximum absolute atomic E-state index is 14.5. The summed E-state index contributed by atoms with van der Waals surface area (Å²) < 4.78 is 116. The van der Waals surface area contributed by atoms with E-state index in [0.29, 0.717) is 31.5 Å². The van der Waals surface area contributed by atoms with Gasteiger partial charge in [0.05, 0.1) is 5.52 Å². The first kappa shape index (κ1) is 27.2. The first-order valence-electron chi connectivity index (χ1n) is 11.8. The Balaban J connectivity index is 1.66. The summed E-state index contributed by atoms with van der Waals surface area (Å²) in [6.45, 7) is 1.40. The van der Waals surface area contributed by atoms with Crippen LogP contribution in [-0.4, -0.2) is 45.8 Å². The van der Waals surface area contributed by atoms with Crippen molar-refractivity contribution >= 4 is 31.0 Å². The van der Waals surface area contributed by atoms with E-state index in [1.807, 2.05) is 7.05 Å². The SMILES string of the molecule is CN1CCC(c2cn(S(=O)(=O)c3c(F)cccc3F)c3ccc(OS(=O)(=O)c4c(F)cccc4F)cc23)CC1. The minimum atomic E-state index is -4.95. The number of halogens is 4. The van der Waals surface area contributed by atoms with E-state index in [-0.39, 0.29) is 22.6 Å². The topological polar surface area (TPSA) is 85.7 Å². The Bertz CT molecular complexity index is 1760. The molecule has 1 aliphatic rings. The van der Waals surface area contributed by atoms with Crippen molar-refractivity contribution in [1.29, 1.82) is 0 Å². The molecule has 13 heteroatoms. The predicted octanol–water partition coefficient (Wildman–Crippen LogP) is 5.01. The molecular weight excluding hydrogens is 560 g/mol. The van der Waals surface area contributed by atoms with Crippen LogP contribution in [0.15, 0.2) is 70.6 Å². The number of nitrogens with zero attached hydrogens (tertiary/aromatic N) is 2. The van der Waals surface area contributed by atoms with Gasteiger partial charge in [0.1, 0.15) is 29.0 Å². The van der Waals surface area contributed by atoms with Crippen LogP contribution in [0.1, 0.15) is 24.3 Å². The van der Waals surface area contributed by atoms with Gasteiger partial charge in [-0.1, -0.05) is 12.1 Å². The average Bonchev–Trinajstić information content (AvgIpc) is 3.23. The van der Waals surface area contributed by atoms with E-state index < -0.39 is 53.2 Å². The molecule has 206 valence electrons. The van der Waals surface area contributed by atoms with Crippen molar-refractivity contribution in [3.05, 3.63) is 89.6 Å². The van der Waals surface area contributed by atoms with Crippen LogP contribution in [0, 0.1) is 23.3 Å². The van der Waals surface area contributed by atoms with Gasteiger partial charge < -0.3 is 9.08 Å². The van der Waals surface area contributed by atoms with Crippen LogP contribution in [-0.2, 0) is 20.1 Å². The predicted molar refractivity (Wildman–Crippen MR) is 135 cm³/mol. The molecule has 0 atom stereocenters. The summed E-state index contributed by atoms with van der Waals surface area (Å²) in [7, 11) is -7.77. The van der Waals surface area contributed by atoms with Crippen LogP contribution in [0.3, 0.4) is 0 Å². The second-order valence-electron chi connectivity index (χ2n) is 9.28. The van der Waals surface area contributed by atoms with Crippen molar-refractivity contribution in [3.63, 3.8) is 0 Å². The number of piperidine rings is 1. The lowest BCUT2D eigenvalue weighted by molar-refractivity contribution is 0.256. The van der Waals surface area contributed by atoms with Gasteiger partial charge in [0.25, 0.3) is 10.0 Å². The van der Waals surface area contributed by atoms with E-state index in [2.05, 4.69) is 4.90 Å². The van der Waals surface area contributed by atoms with Crippen LogP contribution in [0.4, 0.5) is 17.6 Å². The Morgan fingerprint density at radius 2 is 1.33 bits per heavy atom. The van der Waals surface area contributed by atoms with Crippen LogP contribution in [0.5, 0.6) is 5.75 Å². The lowest BCUT2D eigenvalue weighted by Gasteiger charge is -2.28. The van der Waals surface area contributed by atoms with E-state index in [9.17, 15) is 34.4 Å². The highest BCUT2D eigenvalue weighted by molar-refractivity contribution is 7.90. The molecule has 0 radical (unpaired) electrons. The molecule has 1 fully saturated rings. The molecule has 0 aliphatic carbocycles. The van der Waals surface area contributed by atoms with Crippen molar-refractivity contribution in [3.8, 4) is 5.75 Å². The molecule has 1 saturated heterocycles. The Kier molecular flexibility index (Phi) is 6.93. The Hall–Kier alpha value is -3.42. The molecule has 0 bridgehead atoms. The van der Waals surface area contributed by atoms with Gasteiger partial charge in [0.2, 0.25) is 0 Å². The fourth-order valence-electron chi connectivity index (χ4n) is 4.82. The summed E-state index contributed by atoms with van der Waals surface area (Å²) in [5.41, 5.74) is 0.520. The van der Waals surface area contributed by atoms with E-state index >= 15 is 0 Å². The molecule has 2 heterocycles. The molecule has 1 aliphatic heterocycles. The molecule has 0 unspecified atom stereocenters. The van der Waals surface area contributed by atoms with E-state index in [0.717, 1.165) is 46.4 Å². The number of hydrogen-bond acceptors (Lipinski definition) is 6. The van der Waals surface area contributed by atoms with E-state index in [1.54, 1.807) is 0 Å². The molecule has 39 heavy (non-hydrogen) atoms. The number of benzene rings is 3. The van der Waals surface area contributed by atoms with E-state index in [1.165, 1.54) is 18.3 Å². The van der Waals surface area contributed by atoms with Crippen molar-refractivity contribution in [1.82, 2.24) is 8.87 Å². The monoisotopic (exact) mass is 582 g/mol. The maximum atomic E-state index is 14.5. The van der Waals surface area contributed by atoms with Crippen LogP contribution >= 0.6 is 0 Å². The van der Waals surface area contributed by atoms with Gasteiger partial charge in [0.15, 0.2) is 9.79 Å². The molecule has 1 aromatic heterocycles. The molecule has 5 rings (SSSR count). The van der Waals surface area contributed by atoms with Crippen molar-refractivity contribution in [2.24, 2.45) is 0 Å². The maximum Gasteiger partial charge on any atom is 0.345 e. The lowest BCUT2D eigenvalue weighted by atomic mass is 9.89. The Labute approximate surface area is 222 Å². The standard InChI is InChI=1S/C26H22F4N2O5S2/c1-31-12-10-16(11-13-31)19-15-32(38(33,34)25-20(27)4-2-5-21(25)28)24-9-8-17(14-18(19)24)37-39(35,36)26-22(29)6-3-7-23(26)30/h2-9,14-16H,10-13H2,1H3. The average molecular weight is 583 g/mol. The second-order valence-corrected chi connectivity index (χ2v) is 12.5. The van der Waals surface area contributed by atoms with Crippen molar-refractivity contribution in [2.45, 2.75) is 28.6 Å². The highest BCUT2D eigenvalue weighted by atomic mass is 32.2. The molecule has 3 aromatic carbocycles. The molecule has 7 nitrogen and oxygen atoms in total. The molecule has 4 aromatic rings. The summed E-state index contributed by atoms with van der Waals surface area (Å²) in [6, 6.07) is 8.81. The van der Waals surface area contributed by atoms with Gasteiger partial charge >= 0.3 is 10.1 Å². The fourth-order valence-corrected chi connectivity index (χ4v) is 7.37. The largest absolute Gasteiger partial charge is 0.379 e. The minimum absolute atomic E-state index is 0.0217. The summed E-state index contributed by atoms with van der Waals surface area (Å²) in [6.07, 6.45) is 2.54.